The van der Waals surface area contributed by atoms with Crippen LogP contribution in [0.5, 0.6) is 11.5 Å². The first-order valence-electron chi connectivity index (χ1n) is 5.42. The number of aromatic hydroxyl groups is 2. The highest BCUT2D eigenvalue weighted by Crippen LogP contribution is 2.27. The number of amides is 1. The lowest BCUT2D eigenvalue weighted by Gasteiger charge is -2.18. The van der Waals surface area contributed by atoms with E-state index < -0.39 is 5.91 Å². The summed E-state index contributed by atoms with van der Waals surface area (Å²) in [6.07, 6.45) is 0. The minimum Gasteiger partial charge on any atom is -0.507 e. The van der Waals surface area contributed by atoms with Crippen LogP contribution in [0.15, 0.2) is 18.2 Å². The van der Waals surface area contributed by atoms with Gasteiger partial charge in [0.25, 0.3) is 5.91 Å². The molecule has 1 aromatic rings. The highest BCUT2D eigenvalue weighted by molar-refractivity contribution is 5.99. The van der Waals surface area contributed by atoms with Crippen LogP contribution in [0.2, 0.25) is 0 Å². The minimum atomic E-state index is -0.430. The maximum absolute atomic E-state index is 11.9. The molecule has 0 bridgehead atoms. The summed E-state index contributed by atoms with van der Waals surface area (Å²) in [7, 11) is 1.59. The van der Waals surface area contributed by atoms with Crippen LogP contribution in [0.25, 0.3) is 0 Å². The van der Waals surface area contributed by atoms with Gasteiger partial charge in [-0.1, -0.05) is 6.07 Å². The number of benzene rings is 1. The normalized spacial score (nSPS) is 10.2. The van der Waals surface area contributed by atoms with Gasteiger partial charge in [0.15, 0.2) is 0 Å². The Morgan fingerprint density at radius 1 is 1.35 bits per heavy atom. The molecule has 1 amide bonds. The molecule has 0 aliphatic heterocycles. The Kier molecular flexibility index (Phi) is 4.78. The van der Waals surface area contributed by atoms with Crippen molar-refractivity contribution in [3.8, 4) is 11.5 Å². The van der Waals surface area contributed by atoms with Crippen LogP contribution < -0.4 is 0 Å². The molecule has 94 valence electrons. The molecule has 5 heteroatoms. The molecular weight excluding hydrogens is 222 g/mol. The average Bonchev–Trinajstić information content (AvgIpc) is 2.28. The molecule has 2 N–H and O–H groups in total. The van der Waals surface area contributed by atoms with Crippen molar-refractivity contribution in [1.82, 2.24) is 4.90 Å². The SMILES string of the molecule is CCOCCN(C)C(=O)c1c(O)cccc1O. The van der Waals surface area contributed by atoms with E-state index >= 15 is 0 Å². The standard InChI is InChI=1S/C12H17NO4/c1-3-17-8-7-13(2)12(16)11-9(14)5-4-6-10(11)15/h4-6,14-15H,3,7-8H2,1-2H3. The van der Waals surface area contributed by atoms with Gasteiger partial charge in [-0.05, 0) is 19.1 Å². The topological polar surface area (TPSA) is 70.0 Å². The smallest absolute Gasteiger partial charge is 0.261 e. The second kappa shape index (κ2) is 6.10. The van der Waals surface area contributed by atoms with Gasteiger partial charge in [0.05, 0.1) is 6.61 Å². The highest BCUT2D eigenvalue weighted by atomic mass is 16.5. The Morgan fingerprint density at radius 3 is 2.47 bits per heavy atom. The van der Waals surface area contributed by atoms with E-state index in [2.05, 4.69) is 0 Å². The first-order valence-corrected chi connectivity index (χ1v) is 5.42. The fourth-order valence-electron chi connectivity index (χ4n) is 1.39. The summed E-state index contributed by atoms with van der Waals surface area (Å²) in [6.45, 7) is 3.29. The summed E-state index contributed by atoms with van der Waals surface area (Å²) in [5.74, 6) is -0.878. The lowest BCUT2D eigenvalue weighted by Crippen LogP contribution is -2.30. The highest BCUT2D eigenvalue weighted by Gasteiger charge is 2.19. The quantitative estimate of drug-likeness (QED) is 0.758. The van der Waals surface area contributed by atoms with Crippen LogP contribution in [-0.2, 0) is 4.74 Å². The predicted molar refractivity (Wildman–Crippen MR) is 63.2 cm³/mol. The van der Waals surface area contributed by atoms with Crippen LogP contribution in [-0.4, -0.2) is 47.8 Å². The summed E-state index contributed by atoms with van der Waals surface area (Å²) in [6, 6.07) is 4.20. The third-order valence-electron chi connectivity index (χ3n) is 2.36. The molecule has 0 radical (unpaired) electrons. The zero-order valence-corrected chi connectivity index (χ0v) is 10.0. The molecular formula is C12H17NO4. The van der Waals surface area contributed by atoms with Crippen LogP contribution in [0.1, 0.15) is 17.3 Å². The lowest BCUT2D eigenvalue weighted by molar-refractivity contribution is 0.0704. The van der Waals surface area contributed by atoms with Gasteiger partial charge in [-0.15, -0.1) is 0 Å². The molecule has 0 spiro atoms. The molecule has 0 saturated carbocycles. The van der Waals surface area contributed by atoms with Crippen molar-refractivity contribution in [3.63, 3.8) is 0 Å². The molecule has 0 unspecified atom stereocenters. The van der Waals surface area contributed by atoms with E-state index in [1.165, 1.54) is 23.1 Å². The molecule has 0 fully saturated rings. The predicted octanol–water partition coefficient (Wildman–Crippen LogP) is 1.21. The van der Waals surface area contributed by atoms with E-state index in [-0.39, 0.29) is 17.1 Å². The monoisotopic (exact) mass is 239 g/mol. The molecule has 0 aromatic heterocycles. The summed E-state index contributed by atoms with van der Waals surface area (Å²) in [5.41, 5.74) is -0.0773. The molecule has 5 nitrogen and oxygen atoms in total. The molecule has 0 atom stereocenters. The number of carbonyl (C=O) groups excluding carboxylic acids is 1. The van der Waals surface area contributed by atoms with E-state index in [1.54, 1.807) is 7.05 Å². The van der Waals surface area contributed by atoms with Crippen molar-refractivity contribution in [1.29, 1.82) is 0 Å². The zero-order chi connectivity index (χ0) is 12.8. The van der Waals surface area contributed by atoms with E-state index in [9.17, 15) is 15.0 Å². The van der Waals surface area contributed by atoms with Gasteiger partial charge in [0.2, 0.25) is 0 Å². The van der Waals surface area contributed by atoms with E-state index in [0.717, 1.165) is 0 Å². The van der Waals surface area contributed by atoms with Crippen LogP contribution >= 0.6 is 0 Å². The second-order valence-corrected chi connectivity index (χ2v) is 3.59. The fraction of sp³-hybridized carbons (Fsp3) is 0.417. The van der Waals surface area contributed by atoms with Crippen molar-refractivity contribution in [3.05, 3.63) is 23.8 Å². The van der Waals surface area contributed by atoms with Crippen LogP contribution in [0.3, 0.4) is 0 Å². The summed E-state index contributed by atoms with van der Waals surface area (Å²) in [5, 5.41) is 19.1. The summed E-state index contributed by atoms with van der Waals surface area (Å²) in [4.78, 5) is 13.3. The Morgan fingerprint density at radius 2 is 1.94 bits per heavy atom. The Bertz CT molecular complexity index is 372. The molecule has 0 saturated heterocycles. The maximum atomic E-state index is 11.9. The number of nitrogens with zero attached hydrogens (tertiary/aromatic N) is 1. The van der Waals surface area contributed by atoms with Gasteiger partial charge in [-0.3, -0.25) is 4.79 Å². The van der Waals surface area contributed by atoms with Gasteiger partial charge < -0.3 is 19.8 Å². The largest absolute Gasteiger partial charge is 0.507 e. The third-order valence-corrected chi connectivity index (χ3v) is 2.36. The first kappa shape index (κ1) is 13.3. The number of hydrogen-bond acceptors (Lipinski definition) is 4. The van der Waals surface area contributed by atoms with Crippen molar-refractivity contribution in [2.24, 2.45) is 0 Å². The lowest BCUT2D eigenvalue weighted by atomic mass is 10.1. The summed E-state index contributed by atoms with van der Waals surface area (Å²) >= 11 is 0. The van der Waals surface area contributed by atoms with Crippen LogP contribution in [0.4, 0.5) is 0 Å². The fourth-order valence-corrected chi connectivity index (χ4v) is 1.39. The molecule has 17 heavy (non-hydrogen) atoms. The maximum Gasteiger partial charge on any atom is 0.261 e. The number of likely N-dealkylation sites (N-methyl/N-ethyl adjacent to an activating group) is 1. The van der Waals surface area contributed by atoms with Gasteiger partial charge in [0.1, 0.15) is 17.1 Å². The van der Waals surface area contributed by atoms with Gasteiger partial charge in [-0.25, -0.2) is 0 Å². The number of rotatable bonds is 5. The number of phenols is 2. The second-order valence-electron chi connectivity index (χ2n) is 3.59. The van der Waals surface area contributed by atoms with Gasteiger partial charge in [-0.2, -0.15) is 0 Å². The van der Waals surface area contributed by atoms with Crippen LogP contribution in [0, 0.1) is 0 Å². The van der Waals surface area contributed by atoms with Crippen molar-refractivity contribution in [2.75, 3.05) is 26.8 Å². The van der Waals surface area contributed by atoms with E-state index in [0.29, 0.717) is 19.8 Å². The first-order chi connectivity index (χ1) is 8.07. The zero-order valence-electron chi connectivity index (χ0n) is 10.0. The molecule has 0 aliphatic rings. The van der Waals surface area contributed by atoms with E-state index in [1.807, 2.05) is 6.92 Å². The van der Waals surface area contributed by atoms with Crippen molar-refractivity contribution in [2.45, 2.75) is 6.92 Å². The van der Waals surface area contributed by atoms with Gasteiger partial charge >= 0.3 is 0 Å². The number of phenolic OH excluding ortho intramolecular Hbond substituents is 2. The molecule has 0 heterocycles. The molecule has 0 aliphatic carbocycles. The Labute approximate surface area is 100 Å². The molecule has 1 aromatic carbocycles. The third kappa shape index (κ3) is 3.35. The van der Waals surface area contributed by atoms with Crippen molar-refractivity contribution < 1.29 is 19.7 Å². The minimum absolute atomic E-state index is 0.0773. The Hall–Kier alpha value is -1.75. The number of hydrogen-bond donors (Lipinski definition) is 2. The molecule has 1 rings (SSSR count). The average molecular weight is 239 g/mol. The number of carbonyl (C=O) groups is 1. The van der Waals surface area contributed by atoms with Gasteiger partial charge in [0, 0.05) is 20.2 Å². The Balaban J connectivity index is 2.75. The van der Waals surface area contributed by atoms with Crippen molar-refractivity contribution >= 4 is 5.91 Å². The number of ether oxygens (including phenoxy) is 1. The van der Waals surface area contributed by atoms with E-state index in [4.69, 9.17) is 4.74 Å². The summed E-state index contributed by atoms with van der Waals surface area (Å²) < 4.78 is 5.13.